The van der Waals surface area contributed by atoms with Gasteiger partial charge < -0.3 is 14.5 Å². The summed E-state index contributed by atoms with van der Waals surface area (Å²) in [5.41, 5.74) is 1.29. The average Bonchev–Trinajstić information content (AvgIpc) is 2.65. The van der Waals surface area contributed by atoms with Crippen LogP contribution in [0.25, 0.3) is 11.0 Å². The molecule has 1 N–H and O–H groups in total. The van der Waals surface area contributed by atoms with Gasteiger partial charge in [0.15, 0.2) is 0 Å². The van der Waals surface area contributed by atoms with Gasteiger partial charge in [0.05, 0.1) is 12.8 Å². The lowest BCUT2D eigenvalue weighted by Crippen LogP contribution is -2.02. The highest BCUT2D eigenvalue weighted by Crippen LogP contribution is 2.32. The maximum absolute atomic E-state index is 11.5. The lowest BCUT2D eigenvalue weighted by atomic mass is 10.2. The van der Waals surface area contributed by atoms with Crippen LogP contribution in [0.1, 0.15) is 10.6 Å². The Morgan fingerprint density at radius 1 is 1.50 bits per heavy atom. The molecule has 4 nitrogen and oxygen atoms in total. The van der Waals surface area contributed by atoms with Crippen LogP contribution < -0.4 is 5.32 Å². The number of methoxy groups -OCH3 is 1. The molecule has 0 spiro atoms. The minimum atomic E-state index is -0.489. The molecule has 2 aromatic rings. The SMILES string of the molecule is CNc1c(C(=O)OC)oc2ccc(Br)cc12. The van der Waals surface area contributed by atoms with Gasteiger partial charge in [-0.15, -0.1) is 0 Å². The predicted octanol–water partition coefficient (Wildman–Crippen LogP) is 3.02. The molecule has 0 unspecified atom stereocenters. The molecule has 0 atom stereocenters. The molecule has 0 aliphatic carbocycles. The maximum atomic E-state index is 11.5. The highest BCUT2D eigenvalue weighted by Gasteiger charge is 2.20. The second-order valence-electron chi connectivity index (χ2n) is 3.19. The van der Waals surface area contributed by atoms with Gasteiger partial charge in [-0.25, -0.2) is 4.79 Å². The summed E-state index contributed by atoms with van der Waals surface area (Å²) < 4.78 is 11.0. The molecular weight excluding hydrogens is 274 g/mol. The largest absolute Gasteiger partial charge is 0.463 e. The van der Waals surface area contributed by atoms with Crippen molar-refractivity contribution in [1.82, 2.24) is 0 Å². The Labute approximate surface area is 101 Å². The molecular formula is C11H10BrNO3. The number of rotatable bonds is 2. The lowest BCUT2D eigenvalue weighted by molar-refractivity contribution is 0.0569. The van der Waals surface area contributed by atoms with Gasteiger partial charge in [-0.2, -0.15) is 0 Å². The number of ether oxygens (including phenoxy) is 1. The summed E-state index contributed by atoms with van der Waals surface area (Å²) in [6.07, 6.45) is 0. The first-order valence-corrected chi connectivity index (χ1v) is 5.44. The molecule has 5 heteroatoms. The Kier molecular flexibility index (Phi) is 2.87. The fourth-order valence-electron chi connectivity index (χ4n) is 1.55. The summed E-state index contributed by atoms with van der Waals surface area (Å²) in [4.78, 5) is 11.5. The van der Waals surface area contributed by atoms with E-state index in [1.165, 1.54) is 7.11 Å². The van der Waals surface area contributed by atoms with Crippen LogP contribution in [0.5, 0.6) is 0 Å². The molecule has 0 bridgehead atoms. The molecule has 1 aromatic heterocycles. The smallest absolute Gasteiger partial charge is 0.376 e. The third-order valence-corrected chi connectivity index (χ3v) is 2.76. The van der Waals surface area contributed by atoms with Crippen molar-refractivity contribution in [3.63, 3.8) is 0 Å². The van der Waals surface area contributed by atoms with E-state index in [2.05, 4.69) is 26.0 Å². The Morgan fingerprint density at radius 2 is 2.25 bits per heavy atom. The van der Waals surface area contributed by atoms with Gasteiger partial charge in [0.2, 0.25) is 5.76 Å². The van der Waals surface area contributed by atoms with Crippen LogP contribution in [-0.2, 0) is 4.74 Å². The average molecular weight is 284 g/mol. The molecule has 0 fully saturated rings. The second kappa shape index (κ2) is 4.17. The van der Waals surface area contributed by atoms with Gasteiger partial charge in [-0.1, -0.05) is 15.9 Å². The summed E-state index contributed by atoms with van der Waals surface area (Å²) in [7, 11) is 3.06. The van der Waals surface area contributed by atoms with Gasteiger partial charge in [-0.3, -0.25) is 0 Å². The van der Waals surface area contributed by atoms with Crippen molar-refractivity contribution in [2.24, 2.45) is 0 Å². The monoisotopic (exact) mass is 283 g/mol. The van der Waals surface area contributed by atoms with Gasteiger partial charge in [0.1, 0.15) is 5.58 Å². The number of halogens is 1. The van der Waals surface area contributed by atoms with Crippen molar-refractivity contribution < 1.29 is 13.9 Å². The molecule has 84 valence electrons. The second-order valence-corrected chi connectivity index (χ2v) is 4.10. The van der Waals surface area contributed by atoms with E-state index in [4.69, 9.17) is 4.42 Å². The molecule has 0 aliphatic rings. The highest BCUT2D eigenvalue weighted by molar-refractivity contribution is 9.10. The zero-order chi connectivity index (χ0) is 11.7. The van der Waals surface area contributed by atoms with E-state index < -0.39 is 5.97 Å². The first-order chi connectivity index (χ1) is 7.67. The first kappa shape index (κ1) is 11.0. The minimum Gasteiger partial charge on any atom is -0.463 e. The number of fused-ring (bicyclic) bond motifs is 1. The highest BCUT2D eigenvalue weighted by atomic mass is 79.9. The quantitative estimate of drug-likeness (QED) is 0.861. The molecule has 0 amide bonds. The molecule has 0 saturated heterocycles. The van der Waals surface area contributed by atoms with Crippen LogP contribution >= 0.6 is 15.9 Å². The summed E-state index contributed by atoms with van der Waals surface area (Å²) in [5, 5.41) is 3.79. The predicted molar refractivity (Wildman–Crippen MR) is 64.8 cm³/mol. The molecule has 2 rings (SSSR count). The van der Waals surface area contributed by atoms with Crippen molar-refractivity contribution in [2.45, 2.75) is 0 Å². The number of nitrogens with one attached hydrogen (secondary N) is 1. The van der Waals surface area contributed by atoms with E-state index in [-0.39, 0.29) is 5.76 Å². The number of anilines is 1. The summed E-state index contributed by atoms with van der Waals surface area (Å²) in [6.45, 7) is 0. The van der Waals surface area contributed by atoms with E-state index in [0.29, 0.717) is 11.3 Å². The number of hydrogen-bond donors (Lipinski definition) is 1. The van der Waals surface area contributed by atoms with E-state index in [0.717, 1.165) is 9.86 Å². The van der Waals surface area contributed by atoms with E-state index in [9.17, 15) is 4.79 Å². The van der Waals surface area contributed by atoms with Crippen LogP contribution in [0.2, 0.25) is 0 Å². The number of carbonyl (C=O) groups is 1. The number of furan rings is 1. The molecule has 0 radical (unpaired) electrons. The van der Waals surface area contributed by atoms with Crippen LogP contribution in [0.4, 0.5) is 5.69 Å². The van der Waals surface area contributed by atoms with Crippen molar-refractivity contribution in [3.05, 3.63) is 28.4 Å². The Hall–Kier alpha value is -1.49. The van der Waals surface area contributed by atoms with Gasteiger partial charge in [0, 0.05) is 16.9 Å². The van der Waals surface area contributed by atoms with E-state index in [1.807, 2.05) is 12.1 Å². The normalized spacial score (nSPS) is 10.4. The van der Waals surface area contributed by atoms with Crippen LogP contribution in [0, 0.1) is 0 Å². The lowest BCUT2D eigenvalue weighted by Gasteiger charge is -1.99. The van der Waals surface area contributed by atoms with Crippen LogP contribution in [-0.4, -0.2) is 20.1 Å². The van der Waals surface area contributed by atoms with Crippen molar-refractivity contribution in [3.8, 4) is 0 Å². The fourth-order valence-corrected chi connectivity index (χ4v) is 1.92. The van der Waals surface area contributed by atoms with Crippen molar-refractivity contribution in [2.75, 3.05) is 19.5 Å². The number of hydrogen-bond acceptors (Lipinski definition) is 4. The number of esters is 1. The zero-order valence-corrected chi connectivity index (χ0v) is 10.4. The Bertz CT molecular complexity index is 547. The summed E-state index contributed by atoms with van der Waals surface area (Å²) in [6, 6.07) is 5.54. The third-order valence-electron chi connectivity index (χ3n) is 2.27. The number of benzene rings is 1. The van der Waals surface area contributed by atoms with E-state index in [1.54, 1.807) is 13.1 Å². The molecule has 16 heavy (non-hydrogen) atoms. The topological polar surface area (TPSA) is 51.5 Å². The van der Waals surface area contributed by atoms with Crippen molar-refractivity contribution >= 4 is 38.6 Å². The summed E-state index contributed by atoms with van der Waals surface area (Å²) >= 11 is 3.37. The standard InChI is InChI=1S/C11H10BrNO3/c1-13-9-7-5-6(12)3-4-8(7)16-10(9)11(14)15-2/h3-5,13H,1-2H3. The zero-order valence-electron chi connectivity index (χ0n) is 8.83. The van der Waals surface area contributed by atoms with Crippen molar-refractivity contribution in [1.29, 1.82) is 0 Å². The van der Waals surface area contributed by atoms with Gasteiger partial charge >= 0.3 is 5.97 Å². The molecule has 0 aliphatic heterocycles. The Balaban J connectivity index is 2.71. The van der Waals surface area contributed by atoms with E-state index >= 15 is 0 Å². The fraction of sp³-hybridized carbons (Fsp3) is 0.182. The molecule has 1 aromatic carbocycles. The number of carbonyl (C=O) groups excluding carboxylic acids is 1. The van der Waals surface area contributed by atoms with Gasteiger partial charge in [-0.05, 0) is 18.2 Å². The third kappa shape index (κ3) is 1.67. The first-order valence-electron chi connectivity index (χ1n) is 4.65. The van der Waals surface area contributed by atoms with Crippen LogP contribution in [0.15, 0.2) is 27.1 Å². The Morgan fingerprint density at radius 3 is 2.88 bits per heavy atom. The maximum Gasteiger partial charge on any atom is 0.376 e. The summed E-state index contributed by atoms with van der Waals surface area (Å²) in [5.74, 6) is -0.297. The molecule has 1 heterocycles. The minimum absolute atomic E-state index is 0.193. The van der Waals surface area contributed by atoms with Crippen LogP contribution in [0.3, 0.4) is 0 Å². The molecule has 0 saturated carbocycles. The van der Waals surface area contributed by atoms with Gasteiger partial charge in [0.25, 0.3) is 0 Å².